The lowest BCUT2D eigenvalue weighted by Gasteiger charge is -2.09. The van der Waals surface area contributed by atoms with Crippen molar-refractivity contribution in [3.63, 3.8) is 0 Å². The number of fused-ring (bicyclic) bond motifs is 1. The molecule has 0 aliphatic heterocycles. The summed E-state index contributed by atoms with van der Waals surface area (Å²) in [7, 11) is 0. The van der Waals surface area contributed by atoms with Crippen molar-refractivity contribution in [2.45, 2.75) is 25.8 Å². The van der Waals surface area contributed by atoms with E-state index in [2.05, 4.69) is 5.10 Å². The average Bonchev–Trinajstić information content (AvgIpc) is 2.89. The molecule has 2 aromatic rings. The first kappa shape index (κ1) is 10.4. The molecule has 0 saturated carbocycles. The first-order chi connectivity index (χ1) is 8.31. The number of aromatic hydroxyl groups is 1. The van der Waals surface area contributed by atoms with Gasteiger partial charge in [-0.3, -0.25) is 0 Å². The van der Waals surface area contributed by atoms with Gasteiger partial charge in [-0.1, -0.05) is 12.1 Å². The van der Waals surface area contributed by atoms with Crippen molar-refractivity contribution in [1.82, 2.24) is 9.78 Å². The maximum atomic E-state index is 9.87. The third-order valence-corrected chi connectivity index (χ3v) is 3.32. The van der Waals surface area contributed by atoms with E-state index in [1.165, 1.54) is 5.56 Å². The summed E-state index contributed by atoms with van der Waals surface area (Å²) in [6.07, 6.45) is 3.23. The molecular weight excluding hydrogens is 214 g/mol. The van der Waals surface area contributed by atoms with Crippen LogP contribution in [0.2, 0.25) is 0 Å². The van der Waals surface area contributed by atoms with Gasteiger partial charge in [0.1, 0.15) is 11.4 Å². The zero-order chi connectivity index (χ0) is 11.8. The predicted octanol–water partition coefficient (Wildman–Crippen LogP) is 1.53. The van der Waals surface area contributed by atoms with E-state index < -0.39 is 0 Å². The Morgan fingerprint density at radius 2 is 2.12 bits per heavy atom. The fourth-order valence-electron chi connectivity index (χ4n) is 2.51. The van der Waals surface area contributed by atoms with Crippen molar-refractivity contribution in [1.29, 1.82) is 0 Å². The summed E-state index contributed by atoms with van der Waals surface area (Å²) >= 11 is 0. The summed E-state index contributed by atoms with van der Waals surface area (Å²) in [5.41, 5.74) is 9.96. The second kappa shape index (κ2) is 3.89. The third kappa shape index (κ3) is 1.52. The molecular formula is C13H15N3O. The van der Waals surface area contributed by atoms with E-state index in [9.17, 15) is 5.11 Å². The fourth-order valence-corrected chi connectivity index (χ4v) is 2.51. The van der Waals surface area contributed by atoms with Gasteiger partial charge in [0.05, 0.1) is 11.4 Å². The van der Waals surface area contributed by atoms with Gasteiger partial charge in [-0.2, -0.15) is 5.10 Å². The van der Waals surface area contributed by atoms with E-state index in [0.717, 1.165) is 30.7 Å². The Bertz CT molecular complexity index is 560. The zero-order valence-corrected chi connectivity index (χ0v) is 9.56. The number of benzene rings is 1. The minimum atomic E-state index is 0.239. The monoisotopic (exact) mass is 229 g/mol. The van der Waals surface area contributed by atoms with Crippen molar-refractivity contribution in [2.75, 3.05) is 0 Å². The summed E-state index contributed by atoms with van der Waals surface area (Å²) < 4.78 is 1.79. The van der Waals surface area contributed by atoms with Crippen molar-refractivity contribution >= 4 is 0 Å². The van der Waals surface area contributed by atoms with Crippen LogP contribution < -0.4 is 5.73 Å². The molecule has 3 rings (SSSR count). The van der Waals surface area contributed by atoms with Gasteiger partial charge in [0.15, 0.2) is 0 Å². The van der Waals surface area contributed by atoms with Crippen LogP contribution in [0.5, 0.6) is 5.75 Å². The van der Waals surface area contributed by atoms with Crippen LogP contribution in [0.4, 0.5) is 0 Å². The zero-order valence-electron chi connectivity index (χ0n) is 9.56. The molecule has 0 saturated heterocycles. The molecule has 0 bridgehead atoms. The Kier molecular flexibility index (Phi) is 2.37. The third-order valence-electron chi connectivity index (χ3n) is 3.32. The standard InChI is InChI=1S/C13H15N3O/c14-8-12-9-4-3-5-10(9)15-16(12)11-6-1-2-7-13(11)17/h1-2,6-7,17H,3-5,8,14H2. The molecule has 4 heteroatoms. The highest BCUT2D eigenvalue weighted by atomic mass is 16.3. The molecule has 4 nitrogen and oxygen atoms in total. The summed E-state index contributed by atoms with van der Waals surface area (Å²) in [4.78, 5) is 0. The molecule has 1 aliphatic rings. The molecule has 0 spiro atoms. The second-order valence-corrected chi connectivity index (χ2v) is 4.33. The van der Waals surface area contributed by atoms with Crippen LogP contribution in [0.25, 0.3) is 5.69 Å². The molecule has 0 atom stereocenters. The van der Waals surface area contributed by atoms with E-state index in [4.69, 9.17) is 5.73 Å². The van der Waals surface area contributed by atoms with Gasteiger partial charge in [-0.25, -0.2) is 4.68 Å². The van der Waals surface area contributed by atoms with E-state index in [0.29, 0.717) is 12.2 Å². The van der Waals surface area contributed by atoms with Gasteiger partial charge in [-0.05, 0) is 37.0 Å². The summed E-state index contributed by atoms with van der Waals surface area (Å²) in [5.74, 6) is 0.239. The minimum Gasteiger partial charge on any atom is -0.506 e. The largest absolute Gasteiger partial charge is 0.506 e. The molecule has 0 radical (unpaired) electrons. The minimum absolute atomic E-state index is 0.239. The van der Waals surface area contributed by atoms with E-state index >= 15 is 0 Å². The lowest BCUT2D eigenvalue weighted by molar-refractivity contribution is 0.469. The smallest absolute Gasteiger partial charge is 0.141 e. The maximum Gasteiger partial charge on any atom is 0.141 e. The van der Waals surface area contributed by atoms with Crippen LogP contribution in [-0.2, 0) is 19.4 Å². The molecule has 17 heavy (non-hydrogen) atoms. The topological polar surface area (TPSA) is 64.1 Å². The molecule has 88 valence electrons. The first-order valence-electron chi connectivity index (χ1n) is 5.89. The average molecular weight is 229 g/mol. The number of aromatic nitrogens is 2. The van der Waals surface area contributed by atoms with Gasteiger partial charge >= 0.3 is 0 Å². The normalized spacial score (nSPS) is 13.9. The Labute approximate surface area is 99.7 Å². The fraction of sp³-hybridized carbons (Fsp3) is 0.308. The highest BCUT2D eigenvalue weighted by molar-refractivity contribution is 5.48. The molecule has 1 aliphatic carbocycles. The Balaban J connectivity index is 2.19. The molecule has 1 aromatic carbocycles. The number of phenols is 1. The number of rotatable bonds is 2. The van der Waals surface area contributed by atoms with E-state index in [1.807, 2.05) is 12.1 Å². The summed E-state index contributed by atoms with van der Waals surface area (Å²) in [6, 6.07) is 7.22. The predicted molar refractivity (Wildman–Crippen MR) is 65.1 cm³/mol. The molecule has 0 amide bonds. The van der Waals surface area contributed by atoms with Crippen LogP contribution in [0, 0.1) is 0 Å². The highest BCUT2D eigenvalue weighted by Crippen LogP contribution is 2.29. The number of phenolic OH excluding ortho intramolecular Hbond substituents is 1. The van der Waals surface area contributed by atoms with Gasteiger partial charge in [0.2, 0.25) is 0 Å². The molecule has 0 unspecified atom stereocenters. The quantitative estimate of drug-likeness (QED) is 0.820. The number of hydrogen-bond donors (Lipinski definition) is 2. The van der Waals surface area contributed by atoms with Crippen molar-refractivity contribution in [2.24, 2.45) is 5.73 Å². The van der Waals surface area contributed by atoms with Crippen molar-refractivity contribution < 1.29 is 5.11 Å². The van der Waals surface area contributed by atoms with Crippen LogP contribution in [-0.4, -0.2) is 14.9 Å². The number of hydrogen-bond acceptors (Lipinski definition) is 3. The number of nitrogens with zero attached hydrogens (tertiary/aromatic N) is 2. The Hall–Kier alpha value is -1.81. The van der Waals surface area contributed by atoms with Crippen LogP contribution in [0.15, 0.2) is 24.3 Å². The lowest BCUT2D eigenvalue weighted by atomic mass is 10.2. The van der Waals surface area contributed by atoms with Gasteiger partial charge in [0, 0.05) is 6.54 Å². The second-order valence-electron chi connectivity index (χ2n) is 4.33. The van der Waals surface area contributed by atoms with Crippen LogP contribution in [0.1, 0.15) is 23.4 Å². The summed E-state index contributed by atoms with van der Waals surface area (Å²) in [6.45, 7) is 0.455. The van der Waals surface area contributed by atoms with Crippen molar-refractivity contribution in [3.05, 3.63) is 41.2 Å². The highest BCUT2D eigenvalue weighted by Gasteiger charge is 2.22. The number of nitrogens with two attached hydrogens (primary N) is 1. The van der Waals surface area contributed by atoms with E-state index in [1.54, 1.807) is 16.8 Å². The van der Waals surface area contributed by atoms with Gasteiger partial charge in [-0.15, -0.1) is 0 Å². The number of para-hydroxylation sites is 2. The molecule has 3 N–H and O–H groups in total. The number of aryl methyl sites for hydroxylation is 1. The van der Waals surface area contributed by atoms with E-state index in [-0.39, 0.29) is 5.75 Å². The molecule has 0 fully saturated rings. The van der Waals surface area contributed by atoms with Crippen molar-refractivity contribution in [3.8, 4) is 11.4 Å². The Morgan fingerprint density at radius 1 is 1.29 bits per heavy atom. The Morgan fingerprint density at radius 3 is 2.88 bits per heavy atom. The maximum absolute atomic E-state index is 9.87. The molecule has 1 heterocycles. The lowest BCUT2D eigenvalue weighted by Crippen LogP contribution is -2.09. The summed E-state index contributed by atoms with van der Waals surface area (Å²) in [5, 5.41) is 14.4. The van der Waals surface area contributed by atoms with Crippen LogP contribution in [0.3, 0.4) is 0 Å². The SMILES string of the molecule is NCc1c2c(nn1-c1ccccc1O)CCC2. The first-order valence-corrected chi connectivity index (χ1v) is 5.89. The molecule has 1 aromatic heterocycles. The van der Waals surface area contributed by atoms with Gasteiger partial charge in [0.25, 0.3) is 0 Å². The van der Waals surface area contributed by atoms with Gasteiger partial charge < -0.3 is 10.8 Å². The van der Waals surface area contributed by atoms with Crippen LogP contribution >= 0.6 is 0 Å².